The highest BCUT2D eigenvalue weighted by atomic mass is 32.1. The summed E-state index contributed by atoms with van der Waals surface area (Å²) in [4.78, 5) is 3.21. The van der Waals surface area contributed by atoms with E-state index in [-0.39, 0.29) is 5.82 Å². The summed E-state index contributed by atoms with van der Waals surface area (Å²) < 4.78 is 15.0. The predicted octanol–water partition coefficient (Wildman–Crippen LogP) is 4.03. The van der Waals surface area contributed by atoms with Crippen molar-refractivity contribution < 1.29 is 4.39 Å². The minimum absolute atomic E-state index is 0.264. The van der Waals surface area contributed by atoms with Crippen LogP contribution in [0.3, 0.4) is 0 Å². The highest BCUT2D eigenvalue weighted by molar-refractivity contribution is 7.71. The number of para-hydroxylation sites is 1. The van der Waals surface area contributed by atoms with Gasteiger partial charge in [-0.1, -0.05) is 30.3 Å². The summed E-state index contributed by atoms with van der Waals surface area (Å²) in [5.41, 5.74) is 2.94. The van der Waals surface area contributed by atoms with Gasteiger partial charge in [0.1, 0.15) is 5.82 Å². The molecule has 0 aliphatic carbocycles. The molecular weight excluding hydrogens is 337 g/mol. The first-order valence-corrected chi connectivity index (χ1v) is 8.13. The van der Waals surface area contributed by atoms with Crippen molar-refractivity contribution in [2.45, 2.75) is 6.42 Å². The number of aromatic nitrogens is 4. The van der Waals surface area contributed by atoms with E-state index in [0.29, 0.717) is 17.0 Å². The molecule has 0 unspecified atom stereocenters. The van der Waals surface area contributed by atoms with Crippen molar-refractivity contribution in [3.8, 4) is 0 Å². The van der Waals surface area contributed by atoms with Gasteiger partial charge in [-0.15, -0.1) is 0 Å². The van der Waals surface area contributed by atoms with Crippen LogP contribution in [0, 0.1) is 10.6 Å². The SMILES string of the molecule is Fc1ccc(Cc2n[nH]c(=S)n2/N=C/c2c[nH]c3ccccc23)cc1. The number of hydrogen-bond donors (Lipinski definition) is 2. The van der Waals surface area contributed by atoms with E-state index in [1.807, 2.05) is 30.5 Å². The zero-order chi connectivity index (χ0) is 17.2. The number of halogens is 1. The minimum atomic E-state index is -0.264. The lowest BCUT2D eigenvalue weighted by atomic mass is 10.1. The molecule has 0 radical (unpaired) electrons. The van der Waals surface area contributed by atoms with Crippen LogP contribution in [0.4, 0.5) is 4.39 Å². The minimum Gasteiger partial charge on any atom is -0.361 e. The van der Waals surface area contributed by atoms with Crippen LogP contribution < -0.4 is 0 Å². The van der Waals surface area contributed by atoms with E-state index in [1.54, 1.807) is 23.0 Å². The number of fused-ring (bicyclic) bond motifs is 1. The summed E-state index contributed by atoms with van der Waals surface area (Å²) >= 11 is 5.26. The molecule has 2 heterocycles. The van der Waals surface area contributed by atoms with E-state index in [2.05, 4.69) is 20.3 Å². The number of aromatic amines is 2. The first kappa shape index (κ1) is 15.5. The van der Waals surface area contributed by atoms with Gasteiger partial charge in [0.15, 0.2) is 5.82 Å². The van der Waals surface area contributed by atoms with Crippen molar-refractivity contribution in [3.63, 3.8) is 0 Å². The van der Waals surface area contributed by atoms with Gasteiger partial charge in [0.2, 0.25) is 4.77 Å². The highest BCUT2D eigenvalue weighted by Gasteiger charge is 2.07. The predicted molar refractivity (Wildman–Crippen MR) is 97.9 cm³/mol. The summed E-state index contributed by atoms with van der Waals surface area (Å²) in [6.45, 7) is 0. The maximum absolute atomic E-state index is 13.0. The Morgan fingerprint density at radius 1 is 1.16 bits per heavy atom. The summed E-state index contributed by atoms with van der Waals surface area (Å²) in [5.74, 6) is 0.396. The standard InChI is InChI=1S/C18H14FN5S/c19-14-7-5-12(6-8-14)9-17-22-23-18(25)24(17)21-11-13-10-20-16-4-2-1-3-15(13)16/h1-8,10-11,20H,9H2,(H,23,25)/b21-11+. The van der Waals surface area contributed by atoms with Gasteiger partial charge in [0.25, 0.3) is 0 Å². The number of hydrogen-bond acceptors (Lipinski definition) is 3. The molecule has 0 saturated heterocycles. The number of benzene rings is 2. The van der Waals surface area contributed by atoms with E-state index < -0.39 is 0 Å². The van der Waals surface area contributed by atoms with E-state index in [4.69, 9.17) is 12.2 Å². The lowest BCUT2D eigenvalue weighted by Gasteiger charge is -2.01. The van der Waals surface area contributed by atoms with E-state index in [0.717, 1.165) is 22.0 Å². The van der Waals surface area contributed by atoms with E-state index in [9.17, 15) is 4.39 Å². The van der Waals surface area contributed by atoms with Crippen molar-refractivity contribution in [2.75, 3.05) is 0 Å². The summed E-state index contributed by atoms with van der Waals surface area (Å²) in [6.07, 6.45) is 4.15. The molecule has 0 bridgehead atoms. The Morgan fingerprint density at radius 3 is 2.80 bits per heavy atom. The van der Waals surface area contributed by atoms with Crippen LogP contribution >= 0.6 is 12.2 Å². The Balaban J connectivity index is 1.65. The van der Waals surface area contributed by atoms with E-state index in [1.165, 1.54) is 12.1 Å². The first-order chi connectivity index (χ1) is 12.2. The molecule has 2 aromatic carbocycles. The third-order valence-corrected chi connectivity index (χ3v) is 4.19. The smallest absolute Gasteiger partial charge is 0.216 e. The largest absolute Gasteiger partial charge is 0.361 e. The zero-order valence-corrected chi connectivity index (χ0v) is 13.9. The van der Waals surface area contributed by atoms with Crippen LogP contribution in [-0.4, -0.2) is 26.1 Å². The van der Waals surface area contributed by atoms with Crippen molar-refractivity contribution in [2.24, 2.45) is 5.10 Å². The number of nitrogens with zero attached hydrogens (tertiary/aromatic N) is 3. The molecule has 2 N–H and O–H groups in total. The summed E-state index contributed by atoms with van der Waals surface area (Å²) in [7, 11) is 0. The maximum Gasteiger partial charge on any atom is 0.216 e. The third kappa shape index (κ3) is 3.14. The highest BCUT2D eigenvalue weighted by Crippen LogP contribution is 2.16. The second kappa shape index (κ2) is 6.45. The maximum atomic E-state index is 13.0. The van der Waals surface area contributed by atoms with Gasteiger partial charge in [0.05, 0.1) is 6.21 Å². The van der Waals surface area contributed by atoms with Crippen LogP contribution in [0.1, 0.15) is 17.0 Å². The molecule has 0 saturated carbocycles. The van der Waals surface area contributed by atoms with Crippen LogP contribution in [0.2, 0.25) is 0 Å². The number of H-pyrrole nitrogens is 2. The Hall–Kier alpha value is -3.06. The monoisotopic (exact) mass is 351 g/mol. The zero-order valence-electron chi connectivity index (χ0n) is 13.1. The summed E-state index contributed by atoms with van der Waals surface area (Å²) in [6, 6.07) is 14.3. The Labute approximate surface area is 147 Å². The summed E-state index contributed by atoms with van der Waals surface area (Å²) in [5, 5.41) is 12.5. The van der Waals surface area contributed by atoms with Crippen LogP contribution in [0.25, 0.3) is 10.9 Å². The van der Waals surface area contributed by atoms with Crippen molar-refractivity contribution in [3.05, 3.63) is 82.3 Å². The molecule has 4 rings (SSSR count). The van der Waals surface area contributed by atoms with Crippen LogP contribution in [-0.2, 0) is 6.42 Å². The third-order valence-electron chi connectivity index (χ3n) is 3.93. The van der Waals surface area contributed by atoms with Gasteiger partial charge in [0, 0.05) is 29.1 Å². The fourth-order valence-electron chi connectivity index (χ4n) is 2.66. The van der Waals surface area contributed by atoms with E-state index >= 15 is 0 Å². The molecule has 0 aliphatic rings. The van der Waals surface area contributed by atoms with Crippen molar-refractivity contribution in [1.29, 1.82) is 0 Å². The molecule has 5 nitrogen and oxygen atoms in total. The normalized spacial score (nSPS) is 11.6. The van der Waals surface area contributed by atoms with Gasteiger partial charge in [-0.3, -0.25) is 5.10 Å². The van der Waals surface area contributed by atoms with Crippen molar-refractivity contribution >= 4 is 29.3 Å². The lowest BCUT2D eigenvalue weighted by Crippen LogP contribution is -2.00. The molecule has 0 aliphatic heterocycles. The van der Waals surface area contributed by atoms with Crippen LogP contribution in [0.5, 0.6) is 0 Å². The second-order valence-electron chi connectivity index (χ2n) is 5.59. The van der Waals surface area contributed by atoms with Gasteiger partial charge in [-0.05, 0) is 36.0 Å². The number of rotatable bonds is 4. The topological polar surface area (TPSA) is 61.8 Å². The fourth-order valence-corrected chi connectivity index (χ4v) is 2.86. The van der Waals surface area contributed by atoms with Gasteiger partial charge < -0.3 is 4.98 Å². The Kier molecular flexibility index (Phi) is 3.99. The molecule has 7 heteroatoms. The molecule has 0 fully saturated rings. The second-order valence-corrected chi connectivity index (χ2v) is 5.98. The molecular formula is C18H14FN5S. The number of nitrogens with one attached hydrogen (secondary N) is 2. The molecule has 124 valence electrons. The van der Waals surface area contributed by atoms with Gasteiger partial charge >= 0.3 is 0 Å². The fraction of sp³-hybridized carbons (Fsp3) is 0.0556. The van der Waals surface area contributed by atoms with Gasteiger partial charge in [-0.25, -0.2) is 4.39 Å². The molecule has 4 aromatic rings. The quantitative estimate of drug-likeness (QED) is 0.431. The lowest BCUT2D eigenvalue weighted by molar-refractivity contribution is 0.627. The Morgan fingerprint density at radius 2 is 1.96 bits per heavy atom. The van der Waals surface area contributed by atoms with Gasteiger partial charge in [-0.2, -0.15) is 14.9 Å². The van der Waals surface area contributed by atoms with Crippen molar-refractivity contribution in [1.82, 2.24) is 19.9 Å². The molecule has 25 heavy (non-hydrogen) atoms. The average Bonchev–Trinajstić information content (AvgIpc) is 3.19. The molecule has 0 spiro atoms. The first-order valence-electron chi connectivity index (χ1n) is 7.72. The molecule has 2 aromatic heterocycles. The van der Waals surface area contributed by atoms with Crippen LogP contribution in [0.15, 0.2) is 59.8 Å². The Bertz CT molecular complexity index is 1100. The average molecular weight is 351 g/mol. The molecule has 0 amide bonds. The molecule has 0 atom stereocenters.